The molecule has 0 saturated carbocycles. The minimum absolute atomic E-state index is 0.0337. The van der Waals surface area contributed by atoms with Gasteiger partial charge in [0, 0.05) is 25.6 Å². The first-order chi connectivity index (χ1) is 9.99. The lowest BCUT2D eigenvalue weighted by atomic mass is 9.98. The molecule has 1 aliphatic rings. The molecule has 3 N–H and O–H groups in total. The SMILES string of the molecule is CSc1c(N2CCC(CO)CC2)sc(C(=O)C(C)C)c1N. The zero-order chi connectivity index (χ0) is 15.6. The average Bonchev–Trinajstić information content (AvgIpc) is 2.83. The van der Waals surface area contributed by atoms with Crippen molar-refractivity contribution in [2.75, 3.05) is 36.6 Å². The number of hydrogen-bond donors (Lipinski definition) is 2. The molecule has 0 atom stereocenters. The molecule has 6 heteroatoms. The highest BCUT2D eigenvalue weighted by atomic mass is 32.2. The summed E-state index contributed by atoms with van der Waals surface area (Å²) in [4.78, 5) is 16.3. The quantitative estimate of drug-likeness (QED) is 0.642. The predicted octanol–water partition coefficient (Wildman–Crippen LogP) is 3.10. The second kappa shape index (κ2) is 7.03. The van der Waals surface area contributed by atoms with Gasteiger partial charge in [0.15, 0.2) is 5.78 Å². The summed E-state index contributed by atoms with van der Waals surface area (Å²) in [5.41, 5.74) is 6.86. The van der Waals surface area contributed by atoms with Crippen molar-refractivity contribution < 1.29 is 9.90 Å². The van der Waals surface area contributed by atoms with E-state index in [1.54, 1.807) is 11.8 Å². The van der Waals surface area contributed by atoms with Crippen LogP contribution in [-0.4, -0.2) is 36.8 Å². The smallest absolute Gasteiger partial charge is 0.177 e. The number of aliphatic hydroxyl groups is 1. The van der Waals surface area contributed by atoms with Gasteiger partial charge in [0.05, 0.1) is 15.5 Å². The van der Waals surface area contributed by atoms with Crippen LogP contribution in [0.1, 0.15) is 36.4 Å². The van der Waals surface area contributed by atoms with Crippen LogP contribution < -0.4 is 10.6 Å². The van der Waals surface area contributed by atoms with Crippen LogP contribution in [-0.2, 0) is 0 Å². The largest absolute Gasteiger partial charge is 0.396 e. The van der Waals surface area contributed by atoms with Gasteiger partial charge in [0.2, 0.25) is 0 Å². The minimum atomic E-state index is -0.0337. The lowest BCUT2D eigenvalue weighted by Gasteiger charge is -2.32. The van der Waals surface area contributed by atoms with Crippen molar-refractivity contribution in [1.29, 1.82) is 0 Å². The summed E-state index contributed by atoms with van der Waals surface area (Å²) in [5, 5.41) is 10.4. The molecule has 2 heterocycles. The zero-order valence-corrected chi connectivity index (χ0v) is 14.5. The third-order valence-electron chi connectivity index (χ3n) is 3.99. The summed E-state index contributed by atoms with van der Waals surface area (Å²) in [6.07, 6.45) is 4.00. The average molecular weight is 329 g/mol. The monoisotopic (exact) mass is 328 g/mol. The summed E-state index contributed by atoms with van der Waals surface area (Å²) in [6, 6.07) is 0. The number of carbonyl (C=O) groups excluding carboxylic acids is 1. The number of anilines is 2. The fourth-order valence-corrected chi connectivity index (χ4v) is 4.91. The first-order valence-corrected chi connectivity index (χ1v) is 9.40. The number of hydrogen-bond acceptors (Lipinski definition) is 6. The molecule has 118 valence electrons. The normalized spacial score (nSPS) is 16.7. The van der Waals surface area contributed by atoms with Gasteiger partial charge >= 0.3 is 0 Å². The van der Waals surface area contributed by atoms with Crippen LogP contribution >= 0.6 is 23.1 Å². The van der Waals surface area contributed by atoms with Crippen LogP contribution in [0.3, 0.4) is 0 Å². The summed E-state index contributed by atoms with van der Waals surface area (Å²) >= 11 is 3.14. The summed E-state index contributed by atoms with van der Waals surface area (Å²) in [7, 11) is 0. The van der Waals surface area contributed by atoms with Crippen molar-refractivity contribution in [3.05, 3.63) is 4.88 Å². The van der Waals surface area contributed by atoms with Crippen molar-refractivity contribution >= 4 is 39.6 Å². The standard InChI is InChI=1S/C15H24N2O2S2/c1-9(2)12(19)13-11(16)14(20-3)15(21-13)17-6-4-10(8-18)5-7-17/h9-10,18H,4-8,16H2,1-3H3. The Bertz CT molecular complexity index is 506. The number of thioether (sulfide) groups is 1. The van der Waals surface area contributed by atoms with E-state index in [2.05, 4.69) is 4.90 Å². The van der Waals surface area contributed by atoms with Gasteiger partial charge < -0.3 is 15.7 Å². The molecule has 0 bridgehead atoms. The van der Waals surface area contributed by atoms with Gasteiger partial charge in [-0.1, -0.05) is 13.8 Å². The third kappa shape index (κ3) is 3.38. The number of Topliss-reactive ketones (excluding diaryl/α,β-unsaturated/α-hetero) is 1. The maximum absolute atomic E-state index is 12.3. The molecule has 21 heavy (non-hydrogen) atoms. The molecule has 1 aliphatic heterocycles. The van der Waals surface area contributed by atoms with Crippen LogP contribution in [0, 0.1) is 11.8 Å². The first kappa shape index (κ1) is 16.6. The van der Waals surface area contributed by atoms with E-state index >= 15 is 0 Å². The molecule has 0 radical (unpaired) electrons. The lowest BCUT2D eigenvalue weighted by Crippen LogP contribution is -2.34. The van der Waals surface area contributed by atoms with Crippen molar-refractivity contribution in [2.45, 2.75) is 31.6 Å². The number of aliphatic hydroxyl groups excluding tert-OH is 1. The van der Waals surface area contributed by atoms with Crippen LogP contribution in [0.15, 0.2) is 4.90 Å². The van der Waals surface area contributed by atoms with E-state index in [-0.39, 0.29) is 18.3 Å². The van der Waals surface area contributed by atoms with E-state index in [0.717, 1.165) is 35.8 Å². The highest BCUT2D eigenvalue weighted by Gasteiger charge is 2.27. The van der Waals surface area contributed by atoms with Gasteiger partial charge in [-0.3, -0.25) is 4.79 Å². The first-order valence-electron chi connectivity index (χ1n) is 7.35. The number of ketones is 1. The van der Waals surface area contributed by atoms with E-state index in [1.807, 2.05) is 20.1 Å². The van der Waals surface area contributed by atoms with Crippen LogP contribution in [0.25, 0.3) is 0 Å². The third-order valence-corrected chi connectivity index (χ3v) is 6.23. The molecule has 0 aliphatic carbocycles. The Morgan fingerprint density at radius 1 is 1.48 bits per heavy atom. The fourth-order valence-electron chi connectivity index (χ4n) is 2.59. The van der Waals surface area contributed by atoms with E-state index in [1.165, 1.54) is 11.3 Å². The Balaban J connectivity index is 2.27. The second-order valence-corrected chi connectivity index (χ2v) is 7.63. The molecule has 1 fully saturated rings. The minimum Gasteiger partial charge on any atom is -0.396 e. The van der Waals surface area contributed by atoms with E-state index in [4.69, 9.17) is 5.73 Å². The lowest BCUT2D eigenvalue weighted by molar-refractivity contribution is 0.0944. The molecular formula is C15H24N2O2S2. The van der Waals surface area contributed by atoms with E-state index < -0.39 is 0 Å². The Hall–Kier alpha value is -0.720. The van der Waals surface area contributed by atoms with Crippen molar-refractivity contribution in [3.8, 4) is 0 Å². The molecule has 1 aromatic heterocycles. The van der Waals surface area contributed by atoms with Crippen LogP contribution in [0.2, 0.25) is 0 Å². The second-order valence-electron chi connectivity index (χ2n) is 5.82. The molecule has 4 nitrogen and oxygen atoms in total. The molecular weight excluding hydrogens is 304 g/mol. The van der Waals surface area contributed by atoms with Gasteiger partial charge in [-0.25, -0.2) is 0 Å². The molecule has 0 spiro atoms. The van der Waals surface area contributed by atoms with Crippen molar-refractivity contribution in [1.82, 2.24) is 0 Å². The van der Waals surface area contributed by atoms with Gasteiger partial charge in [-0.2, -0.15) is 0 Å². The predicted molar refractivity (Wildman–Crippen MR) is 91.7 cm³/mol. The number of rotatable bonds is 5. The molecule has 2 rings (SSSR count). The number of thiophene rings is 1. The van der Waals surface area contributed by atoms with Gasteiger partial charge in [-0.05, 0) is 25.0 Å². The van der Waals surface area contributed by atoms with Crippen molar-refractivity contribution in [3.63, 3.8) is 0 Å². The highest BCUT2D eigenvalue weighted by molar-refractivity contribution is 7.99. The Morgan fingerprint density at radius 3 is 2.57 bits per heavy atom. The van der Waals surface area contributed by atoms with E-state index in [0.29, 0.717) is 16.5 Å². The van der Waals surface area contributed by atoms with E-state index in [9.17, 15) is 9.90 Å². The number of carbonyl (C=O) groups is 1. The Morgan fingerprint density at radius 2 is 2.10 bits per heavy atom. The Kier molecular flexibility index (Phi) is 5.57. The van der Waals surface area contributed by atoms with Crippen LogP contribution in [0.4, 0.5) is 10.7 Å². The topological polar surface area (TPSA) is 66.6 Å². The maximum atomic E-state index is 12.3. The van der Waals surface area contributed by atoms with Gasteiger partial charge in [0.1, 0.15) is 5.00 Å². The number of nitrogen functional groups attached to an aromatic ring is 1. The number of nitrogens with zero attached hydrogens (tertiary/aromatic N) is 1. The zero-order valence-electron chi connectivity index (χ0n) is 12.9. The van der Waals surface area contributed by atoms with Crippen molar-refractivity contribution in [2.24, 2.45) is 11.8 Å². The summed E-state index contributed by atoms with van der Waals surface area (Å²) < 4.78 is 0. The fraction of sp³-hybridized carbons (Fsp3) is 0.667. The summed E-state index contributed by atoms with van der Waals surface area (Å²) in [5.74, 6) is 0.506. The number of nitrogens with two attached hydrogens (primary N) is 1. The molecule has 1 aromatic rings. The van der Waals surface area contributed by atoms with Gasteiger partial charge in [0.25, 0.3) is 0 Å². The molecule has 0 amide bonds. The Labute approximate surface area is 134 Å². The molecule has 0 aromatic carbocycles. The van der Waals surface area contributed by atoms with Crippen LogP contribution in [0.5, 0.6) is 0 Å². The highest BCUT2D eigenvalue weighted by Crippen LogP contribution is 2.45. The summed E-state index contributed by atoms with van der Waals surface area (Å²) in [6.45, 7) is 5.94. The molecule has 1 saturated heterocycles. The molecule has 0 unspecified atom stereocenters. The maximum Gasteiger partial charge on any atom is 0.177 e. The van der Waals surface area contributed by atoms with Gasteiger partial charge in [-0.15, -0.1) is 23.1 Å². The number of piperidine rings is 1.